The van der Waals surface area contributed by atoms with Gasteiger partial charge in [-0.05, 0) is 24.6 Å². The van der Waals surface area contributed by atoms with Crippen LogP contribution in [-0.2, 0) is 9.59 Å². The summed E-state index contributed by atoms with van der Waals surface area (Å²) in [5.41, 5.74) is 1.89. The molecule has 2 aromatic rings. The van der Waals surface area contributed by atoms with Crippen molar-refractivity contribution in [2.45, 2.75) is 17.7 Å². The number of carbonyl (C=O) groups is 2. The van der Waals surface area contributed by atoms with Crippen LogP contribution >= 0.6 is 23.1 Å². The molecule has 1 aromatic heterocycles. The van der Waals surface area contributed by atoms with Crippen molar-refractivity contribution in [3.05, 3.63) is 29.8 Å². The highest BCUT2D eigenvalue weighted by molar-refractivity contribution is 8.01. The summed E-state index contributed by atoms with van der Waals surface area (Å²) in [7, 11) is 0. The Morgan fingerprint density at radius 2 is 2.32 bits per heavy atom. The number of aliphatic hydroxyl groups excluding tert-OH is 1. The van der Waals surface area contributed by atoms with Crippen LogP contribution in [-0.4, -0.2) is 46.0 Å². The first kappa shape index (κ1) is 17.8. The lowest BCUT2D eigenvalue weighted by molar-refractivity contribution is -0.122. The predicted octanol–water partition coefficient (Wildman–Crippen LogP) is 1.92. The van der Waals surface area contributed by atoms with Crippen LogP contribution in [0.3, 0.4) is 0 Å². The van der Waals surface area contributed by atoms with Crippen LogP contribution in [0.2, 0.25) is 0 Å². The Balaban J connectivity index is 1.62. The lowest BCUT2D eigenvalue weighted by Crippen LogP contribution is -2.28. The minimum atomic E-state index is -0.412. The number of thioether (sulfide) groups is 1. The molecule has 0 saturated carbocycles. The van der Waals surface area contributed by atoms with Crippen LogP contribution in [0.5, 0.6) is 0 Å². The van der Waals surface area contributed by atoms with Crippen molar-refractivity contribution in [1.29, 1.82) is 0 Å². The molecule has 0 spiro atoms. The summed E-state index contributed by atoms with van der Waals surface area (Å²) >= 11 is 2.64. The molecule has 0 bridgehead atoms. The smallest absolute Gasteiger partial charge is 0.231 e. The third-order valence-electron chi connectivity index (χ3n) is 3.76. The molecule has 25 heavy (non-hydrogen) atoms. The van der Waals surface area contributed by atoms with Crippen molar-refractivity contribution >= 4 is 45.7 Å². The fourth-order valence-electron chi connectivity index (χ4n) is 2.59. The van der Waals surface area contributed by atoms with E-state index < -0.39 is 5.92 Å². The molecule has 3 rings (SSSR count). The van der Waals surface area contributed by atoms with Crippen LogP contribution in [0, 0.1) is 12.8 Å². The average molecular weight is 378 g/mol. The van der Waals surface area contributed by atoms with Gasteiger partial charge in [0, 0.05) is 24.4 Å². The van der Waals surface area contributed by atoms with Crippen LogP contribution in [0.4, 0.5) is 10.8 Å². The summed E-state index contributed by atoms with van der Waals surface area (Å²) in [6.07, 6.45) is 0.185. The van der Waals surface area contributed by atoms with Crippen LogP contribution in [0.1, 0.15) is 12.0 Å². The Bertz CT molecular complexity index is 780. The topological polar surface area (TPSA) is 95.4 Å². The molecule has 132 valence electrons. The highest BCUT2D eigenvalue weighted by atomic mass is 32.2. The average Bonchev–Trinajstić information content (AvgIpc) is 3.19. The molecular weight excluding hydrogens is 360 g/mol. The molecule has 2 amide bonds. The number of aromatic nitrogens is 2. The minimum Gasteiger partial charge on any atom is -0.396 e. The molecule has 7 nitrogen and oxygen atoms in total. The minimum absolute atomic E-state index is 0.0535. The SMILES string of the molecule is Cc1cccc(N2C[C@H](C(=O)Nc3nnc(SCCO)s3)CC2=O)c1. The summed E-state index contributed by atoms with van der Waals surface area (Å²) in [4.78, 5) is 26.4. The molecule has 0 unspecified atom stereocenters. The van der Waals surface area contributed by atoms with Crippen molar-refractivity contribution < 1.29 is 14.7 Å². The Kier molecular flexibility index (Phi) is 5.67. The van der Waals surface area contributed by atoms with Gasteiger partial charge in [0.15, 0.2) is 4.34 Å². The van der Waals surface area contributed by atoms with E-state index in [1.807, 2.05) is 31.2 Å². The third-order valence-corrected chi connectivity index (χ3v) is 5.71. The van der Waals surface area contributed by atoms with Gasteiger partial charge in [-0.3, -0.25) is 9.59 Å². The number of hydrogen-bond donors (Lipinski definition) is 2. The molecule has 0 aliphatic carbocycles. The number of benzene rings is 1. The van der Waals surface area contributed by atoms with Gasteiger partial charge in [0.25, 0.3) is 0 Å². The molecule has 0 radical (unpaired) electrons. The summed E-state index contributed by atoms with van der Waals surface area (Å²) < 4.78 is 0.688. The van der Waals surface area contributed by atoms with Crippen molar-refractivity contribution in [3.63, 3.8) is 0 Å². The highest BCUT2D eigenvalue weighted by Gasteiger charge is 2.35. The molecule has 1 saturated heterocycles. The maximum absolute atomic E-state index is 12.4. The second-order valence-corrected chi connectivity index (χ2v) is 8.00. The Hall–Kier alpha value is -1.97. The molecule has 1 aromatic carbocycles. The number of aliphatic hydroxyl groups is 1. The molecule has 1 atom stereocenters. The Morgan fingerprint density at radius 3 is 3.08 bits per heavy atom. The number of rotatable bonds is 6. The lowest BCUT2D eigenvalue weighted by Gasteiger charge is -2.17. The second-order valence-electron chi connectivity index (χ2n) is 5.68. The maximum Gasteiger partial charge on any atom is 0.231 e. The largest absolute Gasteiger partial charge is 0.396 e. The van der Waals surface area contributed by atoms with Crippen molar-refractivity contribution in [3.8, 4) is 0 Å². The predicted molar refractivity (Wildman–Crippen MR) is 98.0 cm³/mol. The number of aryl methyl sites for hydroxylation is 1. The van der Waals surface area contributed by atoms with Gasteiger partial charge in [-0.2, -0.15) is 0 Å². The zero-order valence-electron chi connectivity index (χ0n) is 13.6. The van der Waals surface area contributed by atoms with Crippen molar-refractivity contribution in [2.24, 2.45) is 5.92 Å². The van der Waals surface area contributed by atoms with E-state index in [4.69, 9.17) is 5.11 Å². The second kappa shape index (κ2) is 7.94. The van der Waals surface area contributed by atoms with E-state index in [0.717, 1.165) is 11.3 Å². The van der Waals surface area contributed by atoms with Crippen LogP contribution in [0.15, 0.2) is 28.6 Å². The van der Waals surface area contributed by atoms with Crippen LogP contribution in [0.25, 0.3) is 0 Å². The van der Waals surface area contributed by atoms with E-state index >= 15 is 0 Å². The van der Waals surface area contributed by atoms with E-state index in [1.54, 1.807) is 4.90 Å². The molecule has 2 heterocycles. The van der Waals surface area contributed by atoms with Gasteiger partial charge in [-0.1, -0.05) is 35.2 Å². The number of nitrogens with zero attached hydrogens (tertiary/aromatic N) is 3. The lowest BCUT2D eigenvalue weighted by atomic mass is 10.1. The third kappa shape index (κ3) is 4.36. The van der Waals surface area contributed by atoms with Crippen molar-refractivity contribution in [2.75, 3.05) is 29.1 Å². The monoisotopic (exact) mass is 378 g/mol. The summed E-state index contributed by atoms with van der Waals surface area (Å²) in [6.45, 7) is 2.39. The number of amides is 2. The van der Waals surface area contributed by atoms with Crippen LogP contribution < -0.4 is 10.2 Å². The molecule has 1 aliphatic rings. The Morgan fingerprint density at radius 1 is 1.48 bits per heavy atom. The molecular formula is C16H18N4O3S2. The summed E-state index contributed by atoms with van der Waals surface area (Å²) in [5.74, 6) is -0.156. The number of nitrogens with one attached hydrogen (secondary N) is 1. The van der Waals surface area contributed by atoms with E-state index in [1.165, 1.54) is 23.1 Å². The first-order valence-corrected chi connectivity index (χ1v) is 9.62. The number of hydrogen-bond acceptors (Lipinski definition) is 7. The highest BCUT2D eigenvalue weighted by Crippen LogP contribution is 2.28. The van der Waals surface area contributed by atoms with E-state index in [2.05, 4.69) is 15.5 Å². The normalized spacial score (nSPS) is 17.1. The Labute approximate surface area is 153 Å². The summed E-state index contributed by atoms with van der Waals surface area (Å²) in [5, 5.41) is 19.8. The van der Waals surface area contributed by atoms with Gasteiger partial charge in [-0.25, -0.2) is 0 Å². The molecule has 1 fully saturated rings. The number of carbonyl (C=O) groups excluding carboxylic acids is 2. The van der Waals surface area contributed by atoms with Gasteiger partial charge in [0.1, 0.15) is 0 Å². The standard InChI is InChI=1S/C16H18N4O3S2/c1-10-3-2-4-12(7-10)20-9-11(8-13(20)22)14(23)17-15-18-19-16(25-15)24-6-5-21/h2-4,7,11,21H,5-6,8-9H2,1H3,(H,17,18,23)/t11-/m1/s1. The van der Waals surface area contributed by atoms with Gasteiger partial charge in [-0.15, -0.1) is 10.2 Å². The first-order valence-electron chi connectivity index (χ1n) is 7.82. The molecule has 2 N–H and O–H groups in total. The zero-order valence-corrected chi connectivity index (χ0v) is 15.3. The van der Waals surface area contributed by atoms with E-state index in [-0.39, 0.29) is 24.8 Å². The maximum atomic E-state index is 12.4. The van der Waals surface area contributed by atoms with Gasteiger partial charge in [0.2, 0.25) is 16.9 Å². The number of anilines is 2. The van der Waals surface area contributed by atoms with Gasteiger partial charge in [0.05, 0.1) is 12.5 Å². The summed E-state index contributed by atoms with van der Waals surface area (Å²) in [6, 6.07) is 7.68. The zero-order chi connectivity index (χ0) is 17.8. The molecule has 1 aliphatic heterocycles. The van der Waals surface area contributed by atoms with Gasteiger partial charge < -0.3 is 15.3 Å². The fraction of sp³-hybridized carbons (Fsp3) is 0.375. The first-order chi connectivity index (χ1) is 12.1. The van der Waals surface area contributed by atoms with Crippen molar-refractivity contribution in [1.82, 2.24) is 10.2 Å². The quantitative estimate of drug-likeness (QED) is 0.589. The molecule has 9 heteroatoms. The van der Waals surface area contributed by atoms with E-state index in [0.29, 0.717) is 21.8 Å². The van der Waals surface area contributed by atoms with Gasteiger partial charge >= 0.3 is 0 Å². The van der Waals surface area contributed by atoms with E-state index in [9.17, 15) is 9.59 Å². The fourth-order valence-corrected chi connectivity index (χ4v) is 4.15.